The second-order valence-electron chi connectivity index (χ2n) is 5.14. The van der Waals surface area contributed by atoms with Crippen LogP contribution in [0.1, 0.15) is 11.4 Å². The lowest BCUT2D eigenvalue weighted by atomic mass is 10.3. The van der Waals surface area contributed by atoms with Crippen molar-refractivity contribution in [3.63, 3.8) is 0 Å². The number of benzene rings is 1. The molecule has 0 amide bonds. The zero-order valence-electron chi connectivity index (χ0n) is 13.0. The van der Waals surface area contributed by atoms with Crippen LogP contribution in [0.2, 0.25) is 0 Å². The Bertz CT molecular complexity index is 968. The first kappa shape index (κ1) is 14.8. The van der Waals surface area contributed by atoms with Crippen LogP contribution < -0.4 is 16.6 Å². The second kappa shape index (κ2) is 5.56. The maximum atomic E-state index is 12.8. The number of hydrogen-bond acceptors (Lipinski definition) is 5. The van der Waals surface area contributed by atoms with Crippen molar-refractivity contribution in [3.05, 3.63) is 62.6 Å². The first-order valence-electron chi connectivity index (χ1n) is 7.03. The summed E-state index contributed by atoms with van der Waals surface area (Å²) in [7, 11) is 1.80. The van der Waals surface area contributed by atoms with Crippen LogP contribution in [0, 0.1) is 13.8 Å². The van der Waals surface area contributed by atoms with E-state index in [1.54, 1.807) is 23.3 Å². The van der Waals surface area contributed by atoms with Gasteiger partial charge in [-0.3, -0.25) is 9.48 Å². The summed E-state index contributed by atoms with van der Waals surface area (Å²) < 4.78 is 3.30. The predicted molar refractivity (Wildman–Crippen MR) is 86.4 cm³/mol. The largest absolute Gasteiger partial charge is 0.363 e. The van der Waals surface area contributed by atoms with Gasteiger partial charge in [-0.25, -0.2) is 14.6 Å². The third-order valence-electron chi connectivity index (χ3n) is 3.67. The summed E-state index contributed by atoms with van der Waals surface area (Å²) in [5.41, 5.74) is 1.54. The maximum absolute atomic E-state index is 12.8. The highest BCUT2D eigenvalue weighted by atomic mass is 16.1. The number of para-hydroxylation sites is 1. The van der Waals surface area contributed by atoms with E-state index in [0.717, 1.165) is 11.4 Å². The van der Waals surface area contributed by atoms with Gasteiger partial charge in [0.25, 0.3) is 5.56 Å². The topological polar surface area (TPSA) is 97.6 Å². The van der Waals surface area contributed by atoms with Crippen molar-refractivity contribution in [1.29, 1.82) is 0 Å². The Morgan fingerprint density at radius 2 is 1.83 bits per heavy atom. The number of nitrogens with zero attached hydrogens (tertiary/aromatic N) is 4. The molecule has 8 heteroatoms. The molecule has 0 bridgehead atoms. The van der Waals surface area contributed by atoms with Crippen LogP contribution in [0.5, 0.6) is 0 Å². The molecule has 0 aliphatic rings. The van der Waals surface area contributed by atoms with Crippen molar-refractivity contribution >= 4 is 11.5 Å². The molecule has 118 valence electrons. The number of aryl methyl sites for hydroxylation is 1. The minimum atomic E-state index is -0.574. The van der Waals surface area contributed by atoms with Crippen molar-refractivity contribution in [2.24, 2.45) is 7.05 Å². The van der Waals surface area contributed by atoms with Crippen molar-refractivity contribution in [2.75, 3.05) is 5.32 Å². The lowest BCUT2D eigenvalue weighted by Crippen LogP contribution is -2.21. The van der Waals surface area contributed by atoms with E-state index in [1.165, 1.54) is 0 Å². The molecule has 0 saturated carbocycles. The van der Waals surface area contributed by atoms with E-state index >= 15 is 0 Å². The van der Waals surface area contributed by atoms with Crippen molar-refractivity contribution in [2.45, 2.75) is 13.8 Å². The van der Waals surface area contributed by atoms with Crippen LogP contribution in [0.15, 0.2) is 39.9 Å². The highest BCUT2D eigenvalue weighted by Gasteiger charge is 2.17. The number of aromatic nitrogens is 5. The van der Waals surface area contributed by atoms with Gasteiger partial charge in [0.1, 0.15) is 11.4 Å². The van der Waals surface area contributed by atoms with Gasteiger partial charge in [-0.15, -0.1) is 0 Å². The number of nitrogens with one attached hydrogen (secondary N) is 2. The van der Waals surface area contributed by atoms with Crippen LogP contribution in [0.25, 0.3) is 5.69 Å². The Morgan fingerprint density at radius 1 is 1.13 bits per heavy atom. The van der Waals surface area contributed by atoms with Gasteiger partial charge in [-0.05, 0) is 26.0 Å². The Kier molecular flexibility index (Phi) is 3.57. The van der Waals surface area contributed by atoms with Gasteiger partial charge < -0.3 is 5.32 Å². The smallest absolute Gasteiger partial charge is 0.332 e. The second-order valence-corrected chi connectivity index (χ2v) is 5.14. The van der Waals surface area contributed by atoms with Gasteiger partial charge in [0.05, 0.1) is 11.4 Å². The molecular weight excluding hydrogens is 296 g/mol. The third kappa shape index (κ3) is 2.54. The average molecular weight is 312 g/mol. The van der Waals surface area contributed by atoms with E-state index in [9.17, 15) is 9.59 Å². The van der Waals surface area contributed by atoms with Crippen LogP contribution in [-0.2, 0) is 7.05 Å². The van der Waals surface area contributed by atoms with Gasteiger partial charge in [0.2, 0.25) is 0 Å². The summed E-state index contributed by atoms with van der Waals surface area (Å²) in [6, 6.07) is 9.32. The van der Waals surface area contributed by atoms with Gasteiger partial charge >= 0.3 is 5.69 Å². The fourth-order valence-corrected chi connectivity index (χ4v) is 2.34. The number of aromatic amines is 1. The molecule has 23 heavy (non-hydrogen) atoms. The average Bonchev–Trinajstić information content (AvgIpc) is 2.75. The molecule has 0 radical (unpaired) electrons. The normalized spacial score (nSPS) is 10.7. The third-order valence-corrected chi connectivity index (χ3v) is 3.67. The van der Waals surface area contributed by atoms with Crippen molar-refractivity contribution in [1.82, 2.24) is 24.5 Å². The molecule has 2 heterocycles. The quantitative estimate of drug-likeness (QED) is 0.752. The SMILES string of the molecule is Cc1n[nH]c(=O)nc1Nc1c(C)n(C)n(-c2ccccc2)c1=O. The van der Waals surface area contributed by atoms with Gasteiger partial charge in [0.15, 0.2) is 5.82 Å². The van der Waals surface area contributed by atoms with Crippen LogP contribution in [-0.4, -0.2) is 24.5 Å². The Labute approximate surface area is 131 Å². The summed E-state index contributed by atoms with van der Waals surface area (Å²) >= 11 is 0. The van der Waals surface area contributed by atoms with E-state index in [-0.39, 0.29) is 11.4 Å². The van der Waals surface area contributed by atoms with Gasteiger partial charge in [-0.1, -0.05) is 18.2 Å². The first-order chi connectivity index (χ1) is 11.0. The minimum absolute atomic E-state index is 0.224. The number of hydrogen-bond donors (Lipinski definition) is 2. The molecule has 0 aliphatic heterocycles. The molecule has 3 rings (SSSR count). The fraction of sp³-hybridized carbons (Fsp3) is 0.200. The van der Waals surface area contributed by atoms with Gasteiger partial charge in [-0.2, -0.15) is 10.1 Å². The molecular formula is C15H16N6O2. The number of anilines is 2. The summed E-state index contributed by atoms with van der Waals surface area (Å²) in [5.74, 6) is 0.264. The molecule has 0 saturated heterocycles. The first-order valence-corrected chi connectivity index (χ1v) is 7.03. The summed E-state index contributed by atoms with van der Waals surface area (Å²) in [5, 5.41) is 9.03. The van der Waals surface area contributed by atoms with Crippen molar-refractivity contribution < 1.29 is 0 Å². The molecule has 0 fully saturated rings. The van der Waals surface area contributed by atoms with E-state index in [1.807, 2.05) is 37.3 Å². The molecule has 1 aromatic carbocycles. The summed E-state index contributed by atoms with van der Waals surface area (Å²) in [6.45, 7) is 3.51. The number of rotatable bonds is 3. The van der Waals surface area contributed by atoms with E-state index in [0.29, 0.717) is 11.4 Å². The lowest BCUT2D eigenvalue weighted by molar-refractivity contribution is 0.630. The Balaban J connectivity index is 2.13. The molecule has 0 spiro atoms. The molecule has 0 unspecified atom stereocenters. The molecule has 0 aliphatic carbocycles. The summed E-state index contributed by atoms with van der Waals surface area (Å²) in [4.78, 5) is 27.9. The van der Waals surface area contributed by atoms with Gasteiger partial charge in [0, 0.05) is 7.05 Å². The molecule has 0 atom stereocenters. The lowest BCUT2D eigenvalue weighted by Gasteiger charge is -2.07. The highest BCUT2D eigenvalue weighted by molar-refractivity contribution is 5.60. The minimum Gasteiger partial charge on any atom is -0.332 e. The zero-order valence-corrected chi connectivity index (χ0v) is 13.0. The standard InChI is InChI=1S/C15H16N6O2/c1-9-13(17-15(23)19-18-9)16-12-10(2)20(3)21(14(12)22)11-7-5-4-6-8-11/h4-8H,1-3H3,(H2,16,17,19,23). The zero-order chi connectivity index (χ0) is 16.6. The van der Waals surface area contributed by atoms with Crippen LogP contribution in [0.3, 0.4) is 0 Å². The van der Waals surface area contributed by atoms with Crippen LogP contribution in [0.4, 0.5) is 11.5 Å². The molecule has 2 N–H and O–H groups in total. The fourth-order valence-electron chi connectivity index (χ4n) is 2.34. The molecule has 3 aromatic rings. The van der Waals surface area contributed by atoms with Crippen LogP contribution >= 0.6 is 0 Å². The van der Waals surface area contributed by atoms with E-state index in [4.69, 9.17) is 0 Å². The van der Waals surface area contributed by atoms with E-state index < -0.39 is 5.69 Å². The van der Waals surface area contributed by atoms with Crippen molar-refractivity contribution in [3.8, 4) is 5.69 Å². The molecule has 2 aromatic heterocycles. The predicted octanol–water partition coefficient (Wildman–Crippen LogP) is 1.01. The Morgan fingerprint density at radius 3 is 2.52 bits per heavy atom. The molecule has 8 nitrogen and oxygen atoms in total. The summed E-state index contributed by atoms with van der Waals surface area (Å²) in [6.07, 6.45) is 0. The highest BCUT2D eigenvalue weighted by Crippen LogP contribution is 2.18. The Hall–Kier alpha value is -3.16. The van der Waals surface area contributed by atoms with E-state index in [2.05, 4.69) is 20.5 Å². The number of H-pyrrole nitrogens is 1. The monoisotopic (exact) mass is 312 g/mol. The maximum Gasteiger partial charge on any atom is 0.363 e.